The highest BCUT2D eigenvalue weighted by molar-refractivity contribution is 5.53. The van der Waals surface area contributed by atoms with Gasteiger partial charge in [-0.05, 0) is 0 Å². The van der Waals surface area contributed by atoms with Gasteiger partial charge >= 0.3 is 6.16 Å². The average molecular weight is 134 g/mol. The second-order valence-corrected chi connectivity index (χ2v) is 1.46. The SMILES string of the molecule is C1CNCN1.O=C(O)O. The summed E-state index contributed by atoms with van der Waals surface area (Å²) < 4.78 is 0. The van der Waals surface area contributed by atoms with Gasteiger partial charge in [-0.25, -0.2) is 4.79 Å². The van der Waals surface area contributed by atoms with Crippen molar-refractivity contribution in [2.75, 3.05) is 19.8 Å². The summed E-state index contributed by atoms with van der Waals surface area (Å²) in [6.45, 7) is 3.28. The van der Waals surface area contributed by atoms with Crippen LogP contribution in [0.1, 0.15) is 0 Å². The van der Waals surface area contributed by atoms with Crippen LogP contribution in [0.2, 0.25) is 0 Å². The van der Waals surface area contributed by atoms with Crippen LogP contribution in [0.3, 0.4) is 0 Å². The molecule has 0 bridgehead atoms. The van der Waals surface area contributed by atoms with E-state index in [0.29, 0.717) is 0 Å². The van der Waals surface area contributed by atoms with Crippen molar-refractivity contribution < 1.29 is 15.0 Å². The summed E-state index contributed by atoms with van der Waals surface area (Å²) in [6, 6.07) is 0. The standard InChI is InChI=1S/C3H8N2.CH2O3/c1-2-5-3-4-1;2-1(3)4/h4-5H,1-3H2;(H2,2,3,4). The lowest BCUT2D eigenvalue weighted by Gasteiger charge is -1.77. The molecule has 0 aliphatic carbocycles. The van der Waals surface area contributed by atoms with E-state index in [1.807, 2.05) is 0 Å². The van der Waals surface area contributed by atoms with Gasteiger partial charge in [0.1, 0.15) is 0 Å². The Morgan fingerprint density at radius 2 is 1.56 bits per heavy atom. The smallest absolute Gasteiger partial charge is 0.450 e. The van der Waals surface area contributed by atoms with E-state index >= 15 is 0 Å². The lowest BCUT2D eigenvalue weighted by atomic mass is 10.7. The van der Waals surface area contributed by atoms with Crippen LogP contribution in [0, 0.1) is 0 Å². The monoisotopic (exact) mass is 134 g/mol. The molecular weight excluding hydrogens is 124 g/mol. The Kier molecular flexibility index (Phi) is 4.85. The molecule has 1 aliphatic heterocycles. The van der Waals surface area contributed by atoms with Crippen molar-refractivity contribution in [3.63, 3.8) is 0 Å². The van der Waals surface area contributed by atoms with E-state index in [2.05, 4.69) is 10.6 Å². The fourth-order valence-electron chi connectivity index (χ4n) is 0.442. The summed E-state index contributed by atoms with van der Waals surface area (Å²) in [6.07, 6.45) is -1.83. The van der Waals surface area contributed by atoms with Gasteiger partial charge in [-0.15, -0.1) is 0 Å². The van der Waals surface area contributed by atoms with Crippen LogP contribution in [0.4, 0.5) is 4.79 Å². The summed E-state index contributed by atoms with van der Waals surface area (Å²) in [5.74, 6) is 0. The van der Waals surface area contributed by atoms with Crippen molar-refractivity contribution in [2.45, 2.75) is 0 Å². The predicted octanol–water partition coefficient (Wildman–Crippen LogP) is -0.641. The maximum Gasteiger partial charge on any atom is 0.503 e. The number of nitrogens with one attached hydrogen (secondary N) is 2. The highest BCUT2D eigenvalue weighted by Gasteiger charge is 1.90. The molecule has 5 nitrogen and oxygen atoms in total. The van der Waals surface area contributed by atoms with Crippen molar-refractivity contribution >= 4 is 6.16 Å². The molecule has 4 N–H and O–H groups in total. The van der Waals surface area contributed by atoms with Crippen molar-refractivity contribution in [3.8, 4) is 0 Å². The largest absolute Gasteiger partial charge is 0.503 e. The lowest BCUT2D eigenvalue weighted by Crippen LogP contribution is -2.11. The van der Waals surface area contributed by atoms with Crippen LogP contribution < -0.4 is 10.6 Å². The van der Waals surface area contributed by atoms with Crippen molar-refractivity contribution in [1.29, 1.82) is 0 Å². The van der Waals surface area contributed by atoms with Gasteiger partial charge in [0.15, 0.2) is 0 Å². The highest BCUT2D eigenvalue weighted by Crippen LogP contribution is 1.62. The minimum absolute atomic E-state index is 1.00. The molecule has 1 saturated heterocycles. The van der Waals surface area contributed by atoms with E-state index < -0.39 is 6.16 Å². The van der Waals surface area contributed by atoms with Gasteiger partial charge in [0, 0.05) is 19.8 Å². The first-order chi connectivity index (χ1) is 4.23. The zero-order valence-electron chi connectivity index (χ0n) is 4.92. The van der Waals surface area contributed by atoms with Gasteiger partial charge in [-0.2, -0.15) is 0 Å². The first kappa shape index (κ1) is 8.19. The predicted molar refractivity (Wildman–Crippen MR) is 31.5 cm³/mol. The van der Waals surface area contributed by atoms with Crippen LogP contribution in [0.15, 0.2) is 0 Å². The zero-order chi connectivity index (χ0) is 7.11. The van der Waals surface area contributed by atoms with E-state index in [-0.39, 0.29) is 0 Å². The van der Waals surface area contributed by atoms with Crippen molar-refractivity contribution in [1.82, 2.24) is 10.6 Å². The lowest BCUT2D eigenvalue weighted by molar-refractivity contribution is 0.137. The fourth-order valence-corrected chi connectivity index (χ4v) is 0.442. The molecule has 0 saturated carbocycles. The second kappa shape index (κ2) is 5.33. The normalized spacial score (nSPS) is 16.0. The van der Waals surface area contributed by atoms with Crippen LogP contribution in [-0.2, 0) is 0 Å². The van der Waals surface area contributed by atoms with Gasteiger partial charge in [-0.3, -0.25) is 0 Å². The zero-order valence-corrected chi connectivity index (χ0v) is 4.92. The molecule has 1 rings (SSSR count). The topological polar surface area (TPSA) is 81.6 Å². The van der Waals surface area contributed by atoms with Gasteiger partial charge in [0.25, 0.3) is 0 Å². The van der Waals surface area contributed by atoms with Gasteiger partial charge in [-0.1, -0.05) is 0 Å². The molecule has 1 aliphatic rings. The van der Waals surface area contributed by atoms with Gasteiger partial charge in [0.2, 0.25) is 0 Å². The molecule has 9 heavy (non-hydrogen) atoms. The maximum absolute atomic E-state index is 8.56. The molecule has 0 unspecified atom stereocenters. The number of hydrogen-bond acceptors (Lipinski definition) is 3. The first-order valence-electron chi connectivity index (χ1n) is 2.57. The number of carbonyl (C=O) groups is 1. The number of carboxylic acid groups (broad SMARTS) is 2. The molecule has 1 heterocycles. The Bertz CT molecular complexity index is 70.3. The second-order valence-electron chi connectivity index (χ2n) is 1.46. The Hall–Kier alpha value is -0.810. The quantitative estimate of drug-likeness (QED) is 0.354. The molecule has 54 valence electrons. The molecular formula is C4H10N2O3. The Morgan fingerprint density at radius 1 is 1.22 bits per heavy atom. The van der Waals surface area contributed by atoms with E-state index in [1.54, 1.807) is 0 Å². The van der Waals surface area contributed by atoms with Crippen LogP contribution in [0.5, 0.6) is 0 Å². The minimum atomic E-state index is -1.83. The summed E-state index contributed by atoms with van der Waals surface area (Å²) in [7, 11) is 0. The third kappa shape index (κ3) is 11.0. The maximum atomic E-state index is 8.56. The molecule has 0 aromatic carbocycles. The first-order valence-corrected chi connectivity index (χ1v) is 2.57. The highest BCUT2D eigenvalue weighted by atomic mass is 16.6. The van der Waals surface area contributed by atoms with Crippen molar-refractivity contribution in [3.05, 3.63) is 0 Å². The summed E-state index contributed by atoms with van der Waals surface area (Å²) in [5.41, 5.74) is 0. The van der Waals surface area contributed by atoms with Gasteiger partial charge in [0.05, 0.1) is 0 Å². The Morgan fingerprint density at radius 3 is 1.67 bits per heavy atom. The molecule has 0 aromatic rings. The fraction of sp³-hybridized carbons (Fsp3) is 0.750. The molecule has 0 radical (unpaired) electrons. The molecule has 0 spiro atoms. The third-order valence-electron chi connectivity index (χ3n) is 0.729. The molecule has 0 atom stereocenters. The summed E-state index contributed by atoms with van der Waals surface area (Å²) in [4.78, 5) is 8.56. The summed E-state index contributed by atoms with van der Waals surface area (Å²) in [5, 5.41) is 20.2. The molecule has 0 amide bonds. The third-order valence-corrected chi connectivity index (χ3v) is 0.729. The Labute approximate surface area is 52.7 Å². The van der Waals surface area contributed by atoms with E-state index in [9.17, 15) is 0 Å². The molecule has 0 aromatic heterocycles. The molecule has 5 heteroatoms. The van der Waals surface area contributed by atoms with Crippen LogP contribution >= 0.6 is 0 Å². The summed E-state index contributed by atoms with van der Waals surface area (Å²) >= 11 is 0. The molecule has 1 fully saturated rings. The van der Waals surface area contributed by atoms with Crippen LogP contribution in [0.25, 0.3) is 0 Å². The minimum Gasteiger partial charge on any atom is -0.450 e. The Balaban J connectivity index is 0.000000148. The van der Waals surface area contributed by atoms with Gasteiger partial charge < -0.3 is 20.8 Å². The van der Waals surface area contributed by atoms with E-state index in [4.69, 9.17) is 15.0 Å². The number of hydrogen-bond donors (Lipinski definition) is 4. The number of rotatable bonds is 0. The average Bonchev–Trinajstić information content (AvgIpc) is 2.11. The van der Waals surface area contributed by atoms with Crippen LogP contribution in [-0.4, -0.2) is 36.1 Å². The van der Waals surface area contributed by atoms with Crippen molar-refractivity contribution in [2.24, 2.45) is 0 Å². The van der Waals surface area contributed by atoms with E-state index in [0.717, 1.165) is 19.8 Å². The van der Waals surface area contributed by atoms with E-state index in [1.165, 1.54) is 0 Å².